The highest BCUT2D eigenvalue weighted by Gasteiger charge is 2.27. The average Bonchev–Trinajstić information content (AvgIpc) is 3.48. The van der Waals surface area contributed by atoms with Crippen LogP contribution in [0, 0.1) is 5.92 Å². The minimum atomic E-state index is 0.146. The molecule has 0 bridgehead atoms. The highest BCUT2D eigenvalue weighted by atomic mass is 16.2. The molecule has 2 N–H and O–H groups in total. The van der Waals surface area contributed by atoms with Gasteiger partial charge in [0, 0.05) is 31.3 Å². The third-order valence-corrected chi connectivity index (χ3v) is 6.09. The molecule has 3 aromatic rings. The number of carbonyl (C=O) groups excluding carboxylic acids is 1. The first-order valence-corrected chi connectivity index (χ1v) is 10.2. The number of aromatic amines is 1. The van der Waals surface area contributed by atoms with Crippen LogP contribution in [0.5, 0.6) is 0 Å². The van der Waals surface area contributed by atoms with Gasteiger partial charge >= 0.3 is 0 Å². The molecule has 146 valence electrons. The molecule has 1 aliphatic carbocycles. The molecule has 2 aliphatic rings. The Morgan fingerprint density at radius 3 is 2.75 bits per heavy atom. The second-order valence-corrected chi connectivity index (χ2v) is 7.79. The fourth-order valence-corrected chi connectivity index (χ4v) is 4.55. The number of nitrogens with one attached hydrogen (secondary N) is 2. The van der Waals surface area contributed by atoms with Crippen molar-refractivity contribution in [2.24, 2.45) is 5.92 Å². The first-order valence-electron chi connectivity index (χ1n) is 10.2. The van der Waals surface area contributed by atoms with Gasteiger partial charge < -0.3 is 15.2 Å². The number of H-pyrrole nitrogens is 1. The van der Waals surface area contributed by atoms with Gasteiger partial charge in [-0.2, -0.15) is 5.10 Å². The summed E-state index contributed by atoms with van der Waals surface area (Å²) in [7, 11) is 0. The van der Waals surface area contributed by atoms with Crippen LogP contribution in [0.25, 0.3) is 11.0 Å². The normalized spacial score (nSPS) is 18.8. The van der Waals surface area contributed by atoms with Gasteiger partial charge in [-0.1, -0.05) is 12.8 Å². The molecule has 0 spiro atoms. The Kier molecular flexibility index (Phi) is 4.46. The van der Waals surface area contributed by atoms with Crippen molar-refractivity contribution >= 4 is 28.6 Å². The number of hydrogen-bond acceptors (Lipinski definition) is 5. The van der Waals surface area contributed by atoms with E-state index in [9.17, 15) is 4.79 Å². The smallest absolute Gasteiger partial charge is 0.228 e. The SMILES string of the molecule is O=C(Nc1ccnn1C1CCN(c2ncnc3[nH]ccc23)CC1)C1CCCC1. The molecule has 0 atom stereocenters. The molecule has 8 heteroatoms. The largest absolute Gasteiger partial charge is 0.356 e. The number of rotatable bonds is 4. The third-order valence-electron chi connectivity index (χ3n) is 6.09. The van der Waals surface area contributed by atoms with Gasteiger partial charge in [0.05, 0.1) is 17.6 Å². The zero-order valence-electron chi connectivity index (χ0n) is 15.8. The lowest BCUT2D eigenvalue weighted by Gasteiger charge is -2.33. The van der Waals surface area contributed by atoms with Crippen molar-refractivity contribution in [1.82, 2.24) is 24.7 Å². The molecule has 0 aromatic carbocycles. The summed E-state index contributed by atoms with van der Waals surface area (Å²) in [5.74, 6) is 2.12. The molecular weight excluding hydrogens is 354 g/mol. The molecule has 8 nitrogen and oxygen atoms in total. The van der Waals surface area contributed by atoms with E-state index < -0.39 is 0 Å². The highest BCUT2D eigenvalue weighted by molar-refractivity contribution is 5.92. The van der Waals surface area contributed by atoms with E-state index >= 15 is 0 Å². The summed E-state index contributed by atoms with van der Waals surface area (Å²) < 4.78 is 2.00. The standard InChI is InChI=1S/C20H25N7O/c28-20(14-3-1-2-4-14)25-17-6-10-24-27(17)15-7-11-26(12-8-15)19-16-5-9-21-18(16)22-13-23-19/h5-6,9-10,13-15H,1-4,7-8,11-12H2,(H,25,28)(H,21,22,23). The van der Waals surface area contributed by atoms with Crippen LogP contribution in [0.1, 0.15) is 44.6 Å². The number of aromatic nitrogens is 5. The van der Waals surface area contributed by atoms with Crippen LogP contribution in [0.4, 0.5) is 11.6 Å². The summed E-state index contributed by atoms with van der Waals surface area (Å²) >= 11 is 0. The number of piperidine rings is 1. The summed E-state index contributed by atoms with van der Waals surface area (Å²) in [5, 5.41) is 8.69. The number of hydrogen-bond donors (Lipinski definition) is 2. The molecule has 1 saturated heterocycles. The maximum absolute atomic E-state index is 12.5. The fourth-order valence-electron chi connectivity index (χ4n) is 4.55. The van der Waals surface area contributed by atoms with Crippen LogP contribution in [0.3, 0.4) is 0 Å². The van der Waals surface area contributed by atoms with E-state index in [0.29, 0.717) is 0 Å². The van der Waals surface area contributed by atoms with Crippen LogP contribution in [-0.2, 0) is 4.79 Å². The number of carbonyl (C=O) groups is 1. The predicted octanol–water partition coefficient (Wildman–Crippen LogP) is 3.12. The quantitative estimate of drug-likeness (QED) is 0.727. The molecule has 1 amide bonds. The van der Waals surface area contributed by atoms with Crippen molar-refractivity contribution in [3.8, 4) is 0 Å². The summed E-state index contributed by atoms with van der Waals surface area (Å²) in [6.07, 6.45) is 11.6. The Morgan fingerprint density at radius 2 is 1.93 bits per heavy atom. The van der Waals surface area contributed by atoms with Crippen LogP contribution in [0.2, 0.25) is 0 Å². The Bertz CT molecular complexity index is 964. The zero-order chi connectivity index (χ0) is 18.9. The number of anilines is 2. The van der Waals surface area contributed by atoms with Gasteiger partial charge in [-0.25, -0.2) is 14.6 Å². The average molecular weight is 379 g/mol. The van der Waals surface area contributed by atoms with Gasteiger partial charge in [-0.15, -0.1) is 0 Å². The first-order chi connectivity index (χ1) is 13.8. The molecule has 4 heterocycles. The van der Waals surface area contributed by atoms with Gasteiger partial charge in [0.1, 0.15) is 23.6 Å². The van der Waals surface area contributed by atoms with Crippen LogP contribution >= 0.6 is 0 Å². The summed E-state index contributed by atoms with van der Waals surface area (Å²) in [6.45, 7) is 1.80. The molecule has 2 fully saturated rings. The summed E-state index contributed by atoms with van der Waals surface area (Å²) in [4.78, 5) is 26.8. The second kappa shape index (κ2) is 7.26. The Labute approximate surface area is 163 Å². The third kappa shape index (κ3) is 3.12. The van der Waals surface area contributed by atoms with Crippen molar-refractivity contribution in [3.05, 3.63) is 30.9 Å². The van der Waals surface area contributed by atoms with Gasteiger partial charge in [-0.05, 0) is 31.7 Å². The monoisotopic (exact) mass is 379 g/mol. The summed E-state index contributed by atoms with van der Waals surface area (Å²) in [6, 6.07) is 4.22. The molecule has 5 rings (SSSR count). The van der Waals surface area contributed by atoms with Crippen LogP contribution < -0.4 is 10.2 Å². The lowest BCUT2D eigenvalue weighted by molar-refractivity contribution is -0.119. The van der Waals surface area contributed by atoms with Crippen molar-refractivity contribution in [1.29, 1.82) is 0 Å². The molecule has 28 heavy (non-hydrogen) atoms. The molecule has 0 unspecified atom stereocenters. The molecule has 0 radical (unpaired) electrons. The highest BCUT2D eigenvalue weighted by Crippen LogP contribution is 2.31. The maximum atomic E-state index is 12.5. The molecule has 3 aromatic heterocycles. The lowest BCUT2D eigenvalue weighted by Crippen LogP contribution is -2.36. The van der Waals surface area contributed by atoms with E-state index in [1.54, 1.807) is 12.5 Å². The van der Waals surface area contributed by atoms with Crippen molar-refractivity contribution in [2.75, 3.05) is 23.3 Å². The Morgan fingerprint density at radius 1 is 1.11 bits per heavy atom. The number of nitrogens with zero attached hydrogens (tertiary/aromatic N) is 5. The van der Waals surface area contributed by atoms with E-state index in [2.05, 4.69) is 30.3 Å². The van der Waals surface area contributed by atoms with E-state index in [1.807, 2.05) is 23.0 Å². The minimum absolute atomic E-state index is 0.146. The predicted molar refractivity (Wildman–Crippen MR) is 107 cm³/mol. The number of amides is 1. The molecule has 1 aliphatic heterocycles. The van der Waals surface area contributed by atoms with E-state index in [0.717, 1.165) is 74.3 Å². The first kappa shape index (κ1) is 17.2. The van der Waals surface area contributed by atoms with E-state index in [1.165, 1.54) is 0 Å². The van der Waals surface area contributed by atoms with Crippen molar-refractivity contribution < 1.29 is 4.79 Å². The summed E-state index contributed by atoms with van der Waals surface area (Å²) in [5.41, 5.74) is 0.871. The van der Waals surface area contributed by atoms with E-state index in [4.69, 9.17) is 0 Å². The Hall–Kier alpha value is -2.90. The zero-order valence-corrected chi connectivity index (χ0v) is 15.8. The number of fused-ring (bicyclic) bond motifs is 1. The maximum Gasteiger partial charge on any atom is 0.228 e. The van der Waals surface area contributed by atoms with Crippen LogP contribution in [0.15, 0.2) is 30.9 Å². The molecule has 1 saturated carbocycles. The van der Waals surface area contributed by atoms with Gasteiger partial charge in [-0.3, -0.25) is 4.79 Å². The molecular formula is C20H25N7O. The fraction of sp³-hybridized carbons (Fsp3) is 0.500. The van der Waals surface area contributed by atoms with Gasteiger partial charge in [0.25, 0.3) is 0 Å². The van der Waals surface area contributed by atoms with Crippen molar-refractivity contribution in [3.63, 3.8) is 0 Å². The van der Waals surface area contributed by atoms with Crippen LogP contribution in [-0.4, -0.2) is 43.7 Å². The lowest BCUT2D eigenvalue weighted by atomic mass is 10.0. The second-order valence-electron chi connectivity index (χ2n) is 7.79. The Balaban J connectivity index is 1.27. The van der Waals surface area contributed by atoms with Gasteiger partial charge in [0.2, 0.25) is 5.91 Å². The minimum Gasteiger partial charge on any atom is -0.356 e. The van der Waals surface area contributed by atoms with Gasteiger partial charge in [0.15, 0.2) is 0 Å². The topological polar surface area (TPSA) is 91.7 Å². The van der Waals surface area contributed by atoms with Crippen molar-refractivity contribution in [2.45, 2.75) is 44.6 Å². The van der Waals surface area contributed by atoms with E-state index in [-0.39, 0.29) is 17.9 Å².